The number of imidazole rings is 1. The molecule has 0 aliphatic carbocycles. The first kappa shape index (κ1) is 30.6. The summed E-state index contributed by atoms with van der Waals surface area (Å²) in [6, 6.07) is 0. The summed E-state index contributed by atoms with van der Waals surface area (Å²) in [7, 11) is -3.93. The van der Waals surface area contributed by atoms with E-state index >= 15 is 0 Å². The minimum atomic E-state index is -3.93. The van der Waals surface area contributed by atoms with Gasteiger partial charge in [-0.1, -0.05) is 13.3 Å². The number of hydrogen-bond acceptors (Lipinski definition) is 11. The lowest BCUT2D eigenvalue weighted by atomic mass is 10.1. The number of unbranched alkanes of at least 4 members (excludes halogenated alkanes) is 1. The number of nitrogen functional groups attached to an aromatic ring is 1. The number of carbonyl (C=O) groups excluding carboxylic acids is 2. The summed E-state index contributed by atoms with van der Waals surface area (Å²) in [6.07, 6.45) is 1.99. The van der Waals surface area contributed by atoms with Gasteiger partial charge in [-0.15, -0.1) is 0 Å². The summed E-state index contributed by atoms with van der Waals surface area (Å²) in [4.78, 5) is 37.4. The van der Waals surface area contributed by atoms with Gasteiger partial charge in [0.2, 0.25) is 0 Å². The number of fused-ring (bicyclic) bond motifs is 1. The fourth-order valence-electron chi connectivity index (χ4n) is 3.26. The fourth-order valence-corrected chi connectivity index (χ4v) is 5.43. The molecular weight excluding hydrogens is 503 g/mol. The number of nitrogens with zero attached hydrogens (tertiary/aromatic N) is 4. The Labute approximate surface area is 217 Å². The van der Waals surface area contributed by atoms with E-state index in [0.29, 0.717) is 24.1 Å². The first-order chi connectivity index (χ1) is 17.3. The van der Waals surface area contributed by atoms with E-state index in [1.54, 1.807) is 31.7 Å². The van der Waals surface area contributed by atoms with E-state index < -0.39 is 43.6 Å². The topological polar surface area (TPSA) is 170 Å². The second-order valence-electron chi connectivity index (χ2n) is 9.57. The third-order valence-corrected chi connectivity index (χ3v) is 7.16. The zero-order chi connectivity index (χ0) is 27.8. The SMILES string of the molecule is CCCCOC(=O)C(C)(C)N[P@](=O)(CO[C@H](C)Cn1cnc2c(N)ncnc21)O[C@@H](C)C(=O)OC(C)C. The van der Waals surface area contributed by atoms with E-state index in [4.69, 9.17) is 24.5 Å². The van der Waals surface area contributed by atoms with Crippen LogP contribution in [0.2, 0.25) is 0 Å². The van der Waals surface area contributed by atoms with Crippen molar-refractivity contribution >= 4 is 36.4 Å². The van der Waals surface area contributed by atoms with Gasteiger partial charge in [0.15, 0.2) is 17.6 Å². The van der Waals surface area contributed by atoms with Crippen LogP contribution in [0, 0.1) is 0 Å². The summed E-state index contributed by atoms with van der Waals surface area (Å²) in [5.74, 6) is -1.03. The molecule has 208 valence electrons. The van der Waals surface area contributed by atoms with Crippen molar-refractivity contribution in [2.24, 2.45) is 0 Å². The molecule has 3 atom stereocenters. The van der Waals surface area contributed by atoms with Gasteiger partial charge in [0.25, 0.3) is 7.52 Å². The van der Waals surface area contributed by atoms with E-state index in [0.717, 1.165) is 6.42 Å². The standard InChI is InChI=1S/C23H39N6O7P/c1-8-9-10-33-22(31)23(6,7)28-37(32,36-17(5)21(30)35-15(2)3)14-34-16(4)11-29-13-27-18-19(24)25-12-26-20(18)29/h12-13,15-17H,8-11,14H2,1-7H3,(H,28,32)(H2,24,25,26)/t16-,17+,37+/m1/s1. The van der Waals surface area contributed by atoms with Crippen molar-refractivity contribution in [2.75, 3.05) is 18.7 Å². The number of aromatic nitrogens is 4. The highest BCUT2D eigenvalue weighted by Gasteiger charge is 2.40. The molecule has 0 aromatic carbocycles. The van der Waals surface area contributed by atoms with Crippen LogP contribution in [0.3, 0.4) is 0 Å². The second-order valence-corrected chi connectivity index (χ2v) is 11.6. The predicted octanol–water partition coefficient (Wildman–Crippen LogP) is 3.03. The second kappa shape index (κ2) is 13.3. The monoisotopic (exact) mass is 542 g/mol. The quantitative estimate of drug-likeness (QED) is 0.192. The van der Waals surface area contributed by atoms with Crippen LogP contribution in [0.25, 0.3) is 11.2 Å². The van der Waals surface area contributed by atoms with Crippen LogP contribution in [-0.4, -0.2) is 68.3 Å². The van der Waals surface area contributed by atoms with Gasteiger partial charge in [-0.2, -0.15) is 0 Å². The normalized spacial score (nSPS) is 15.4. The molecule has 0 aliphatic heterocycles. The van der Waals surface area contributed by atoms with Crippen molar-refractivity contribution in [2.45, 2.75) is 91.7 Å². The average Bonchev–Trinajstić information content (AvgIpc) is 3.21. The van der Waals surface area contributed by atoms with Crippen molar-refractivity contribution in [1.82, 2.24) is 24.6 Å². The van der Waals surface area contributed by atoms with E-state index in [1.807, 2.05) is 6.92 Å². The molecule has 0 unspecified atom stereocenters. The fraction of sp³-hybridized carbons (Fsp3) is 0.696. The molecule has 2 rings (SSSR count). The number of esters is 2. The van der Waals surface area contributed by atoms with Crippen molar-refractivity contribution in [1.29, 1.82) is 0 Å². The Bertz CT molecular complexity index is 1110. The Morgan fingerprint density at radius 1 is 1.19 bits per heavy atom. The van der Waals surface area contributed by atoms with Gasteiger partial charge in [-0.05, 0) is 48.0 Å². The number of anilines is 1. The predicted molar refractivity (Wildman–Crippen MR) is 138 cm³/mol. The van der Waals surface area contributed by atoms with Gasteiger partial charge in [-0.3, -0.25) is 9.36 Å². The molecule has 0 amide bonds. The lowest BCUT2D eigenvalue weighted by Gasteiger charge is -2.31. The molecule has 2 aromatic rings. The number of ether oxygens (including phenoxy) is 3. The number of hydrogen-bond donors (Lipinski definition) is 2. The Morgan fingerprint density at radius 2 is 1.89 bits per heavy atom. The molecule has 0 aliphatic rings. The Balaban J connectivity index is 2.16. The van der Waals surface area contributed by atoms with Gasteiger partial charge in [0.1, 0.15) is 23.7 Å². The minimum Gasteiger partial charge on any atom is -0.464 e. The van der Waals surface area contributed by atoms with E-state index in [2.05, 4.69) is 20.0 Å². The molecule has 0 radical (unpaired) electrons. The average molecular weight is 543 g/mol. The lowest BCUT2D eigenvalue weighted by molar-refractivity contribution is -0.155. The van der Waals surface area contributed by atoms with Crippen LogP contribution in [0.15, 0.2) is 12.7 Å². The third-order valence-electron chi connectivity index (χ3n) is 5.12. The van der Waals surface area contributed by atoms with E-state index in [1.165, 1.54) is 27.1 Å². The van der Waals surface area contributed by atoms with Crippen LogP contribution in [0.4, 0.5) is 5.82 Å². The Morgan fingerprint density at radius 3 is 2.54 bits per heavy atom. The van der Waals surface area contributed by atoms with Crippen molar-refractivity contribution in [3.63, 3.8) is 0 Å². The summed E-state index contributed by atoms with van der Waals surface area (Å²) >= 11 is 0. The molecule has 0 saturated heterocycles. The van der Waals surface area contributed by atoms with Gasteiger partial charge in [-0.25, -0.2) is 24.8 Å². The molecular formula is C23H39N6O7P. The van der Waals surface area contributed by atoms with Crippen LogP contribution in [-0.2, 0) is 39.4 Å². The van der Waals surface area contributed by atoms with Crippen LogP contribution < -0.4 is 10.8 Å². The van der Waals surface area contributed by atoms with Crippen LogP contribution >= 0.6 is 7.52 Å². The minimum absolute atomic E-state index is 0.239. The maximum atomic E-state index is 13.9. The molecule has 0 saturated carbocycles. The van der Waals surface area contributed by atoms with E-state index in [9.17, 15) is 14.2 Å². The third kappa shape index (κ3) is 9.03. The molecule has 0 bridgehead atoms. The molecule has 3 N–H and O–H groups in total. The summed E-state index contributed by atoms with van der Waals surface area (Å²) in [5.41, 5.74) is 5.45. The van der Waals surface area contributed by atoms with Crippen LogP contribution in [0.1, 0.15) is 61.3 Å². The van der Waals surface area contributed by atoms with E-state index in [-0.39, 0.29) is 18.5 Å². The largest absolute Gasteiger partial charge is 0.464 e. The summed E-state index contributed by atoms with van der Waals surface area (Å²) in [6.45, 7) is 12.2. The number of rotatable bonds is 15. The first-order valence-corrected chi connectivity index (χ1v) is 14.1. The summed E-state index contributed by atoms with van der Waals surface area (Å²) < 4.78 is 37.6. The highest BCUT2D eigenvalue weighted by Crippen LogP contribution is 2.46. The summed E-state index contributed by atoms with van der Waals surface area (Å²) in [5, 5.41) is 2.76. The Hall–Kier alpha value is -2.60. The molecule has 2 heterocycles. The molecule has 2 aromatic heterocycles. The highest BCUT2D eigenvalue weighted by atomic mass is 31.2. The van der Waals surface area contributed by atoms with Crippen molar-refractivity contribution < 1.29 is 32.9 Å². The van der Waals surface area contributed by atoms with Crippen molar-refractivity contribution in [3.05, 3.63) is 12.7 Å². The lowest BCUT2D eigenvalue weighted by Crippen LogP contribution is -2.47. The molecule has 14 heteroatoms. The zero-order valence-electron chi connectivity index (χ0n) is 22.6. The van der Waals surface area contributed by atoms with Gasteiger partial charge < -0.3 is 29.0 Å². The molecule has 0 spiro atoms. The van der Waals surface area contributed by atoms with Gasteiger partial charge in [0.05, 0.1) is 31.7 Å². The molecule has 37 heavy (non-hydrogen) atoms. The number of carbonyl (C=O) groups is 2. The van der Waals surface area contributed by atoms with Crippen molar-refractivity contribution in [3.8, 4) is 0 Å². The molecule has 0 fully saturated rings. The van der Waals surface area contributed by atoms with Crippen LogP contribution in [0.5, 0.6) is 0 Å². The molecule has 13 nitrogen and oxygen atoms in total. The number of nitrogens with two attached hydrogens (primary N) is 1. The smallest absolute Gasteiger partial charge is 0.335 e. The maximum absolute atomic E-state index is 13.9. The zero-order valence-corrected chi connectivity index (χ0v) is 23.5. The van der Waals surface area contributed by atoms with Gasteiger partial charge >= 0.3 is 11.9 Å². The van der Waals surface area contributed by atoms with Gasteiger partial charge in [0, 0.05) is 0 Å². The highest BCUT2D eigenvalue weighted by molar-refractivity contribution is 7.56. The first-order valence-electron chi connectivity index (χ1n) is 12.3. The maximum Gasteiger partial charge on any atom is 0.335 e. The number of nitrogens with one attached hydrogen (secondary N) is 1. The Kier molecular flexibility index (Phi) is 11.0.